The van der Waals surface area contributed by atoms with Crippen LogP contribution in [0.3, 0.4) is 0 Å². The van der Waals surface area contributed by atoms with Crippen LogP contribution in [0.5, 0.6) is 5.75 Å². The molecule has 4 heteroatoms. The summed E-state index contributed by atoms with van der Waals surface area (Å²) in [7, 11) is 0. The zero-order valence-electron chi connectivity index (χ0n) is 10.9. The zero-order chi connectivity index (χ0) is 12.8. The van der Waals surface area contributed by atoms with Gasteiger partial charge in [0.05, 0.1) is 12.7 Å². The fourth-order valence-corrected chi connectivity index (χ4v) is 3.10. The molecule has 2 rings (SSSR count). The SMILES string of the molecule is CCOc1ccc(N)c(SCCC2CCCO2)c1. The molecule has 1 heterocycles. The highest BCUT2D eigenvalue weighted by atomic mass is 32.2. The van der Waals surface area contributed by atoms with Crippen LogP contribution >= 0.6 is 11.8 Å². The fraction of sp³-hybridized carbons (Fsp3) is 0.571. The Morgan fingerprint density at radius 3 is 3.11 bits per heavy atom. The molecule has 1 unspecified atom stereocenters. The molecule has 1 saturated heterocycles. The number of rotatable bonds is 6. The largest absolute Gasteiger partial charge is 0.494 e. The molecule has 0 amide bonds. The topological polar surface area (TPSA) is 44.5 Å². The molecule has 0 aromatic heterocycles. The number of benzene rings is 1. The maximum absolute atomic E-state index is 5.97. The second kappa shape index (κ2) is 6.90. The second-order valence-corrected chi connectivity index (χ2v) is 5.54. The number of nitrogens with two attached hydrogens (primary N) is 1. The molecule has 1 aliphatic heterocycles. The minimum Gasteiger partial charge on any atom is -0.494 e. The minimum atomic E-state index is 0.453. The predicted molar refractivity (Wildman–Crippen MR) is 76.3 cm³/mol. The molecule has 1 aromatic carbocycles. The van der Waals surface area contributed by atoms with Gasteiger partial charge in [-0.3, -0.25) is 0 Å². The summed E-state index contributed by atoms with van der Waals surface area (Å²) in [5.74, 6) is 1.94. The molecule has 1 aromatic rings. The maximum Gasteiger partial charge on any atom is 0.120 e. The third-order valence-electron chi connectivity index (χ3n) is 3.02. The third kappa shape index (κ3) is 3.82. The van der Waals surface area contributed by atoms with Gasteiger partial charge in [-0.25, -0.2) is 0 Å². The van der Waals surface area contributed by atoms with Crippen molar-refractivity contribution in [3.05, 3.63) is 18.2 Å². The standard InChI is InChI=1S/C14H21NO2S/c1-2-16-12-5-6-13(15)14(10-12)18-9-7-11-4-3-8-17-11/h5-6,10-11H,2-4,7-9,15H2,1H3. The van der Waals surface area contributed by atoms with Crippen molar-refractivity contribution >= 4 is 17.4 Å². The molecule has 2 N–H and O–H groups in total. The quantitative estimate of drug-likeness (QED) is 0.634. The van der Waals surface area contributed by atoms with E-state index in [-0.39, 0.29) is 0 Å². The van der Waals surface area contributed by atoms with Crippen molar-refractivity contribution in [2.75, 3.05) is 24.7 Å². The van der Waals surface area contributed by atoms with Gasteiger partial charge in [-0.05, 0) is 44.4 Å². The van der Waals surface area contributed by atoms with Crippen molar-refractivity contribution < 1.29 is 9.47 Å². The normalized spacial score (nSPS) is 19.1. The summed E-state index contributed by atoms with van der Waals surface area (Å²) in [6.45, 7) is 3.60. The highest BCUT2D eigenvalue weighted by molar-refractivity contribution is 7.99. The van der Waals surface area contributed by atoms with Crippen molar-refractivity contribution in [3.8, 4) is 5.75 Å². The van der Waals surface area contributed by atoms with Gasteiger partial charge in [0.15, 0.2) is 0 Å². The molecular formula is C14H21NO2S. The average molecular weight is 267 g/mol. The van der Waals surface area contributed by atoms with E-state index in [0.717, 1.165) is 35.1 Å². The van der Waals surface area contributed by atoms with Crippen LogP contribution in [0.2, 0.25) is 0 Å². The number of hydrogen-bond acceptors (Lipinski definition) is 4. The van der Waals surface area contributed by atoms with Gasteiger partial charge in [-0.1, -0.05) is 0 Å². The first-order chi connectivity index (χ1) is 8.79. The summed E-state index contributed by atoms with van der Waals surface area (Å²) in [5, 5.41) is 0. The lowest BCUT2D eigenvalue weighted by Gasteiger charge is -2.11. The van der Waals surface area contributed by atoms with Crippen LogP contribution in [0.1, 0.15) is 26.2 Å². The van der Waals surface area contributed by atoms with Crippen molar-refractivity contribution in [2.24, 2.45) is 0 Å². The van der Waals surface area contributed by atoms with Gasteiger partial charge in [-0.15, -0.1) is 11.8 Å². The van der Waals surface area contributed by atoms with Crippen molar-refractivity contribution in [1.82, 2.24) is 0 Å². The maximum atomic E-state index is 5.97. The van der Waals surface area contributed by atoms with Gasteiger partial charge in [-0.2, -0.15) is 0 Å². The number of ether oxygens (including phenoxy) is 2. The highest BCUT2D eigenvalue weighted by Gasteiger charge is 2.15. The fourth-order valence-electron chi connectivity index (χ4n) is 2.07. The summed E-state index contributed by atoms with van der Waals surface area (Å²) in [6, 6.07) is 5.86. The van der Waals surface area contributed by atoms with Crippen molar-refractivity contribution in [3.63, 3.8) is 0 Å². The smallest absolute Gasteiger partial charge is 0.120 e. The Hall–Kier alpha value is -0.870. The molecule has 0 saturated carbocycles. The van der Waals surface area contributed by atoms with Crippen LogP contribution < -0.4 is 10.5 Å². The molecule has 100 valence electrons. The van der Waals surface area contributed by atoms with Crippen LogP contribution in [-0.2, 0) is 4.74 Å². The molecule has 0 aliphatic carbocycles. The van der Waals surface area contributed by atoms with Crippen LogP contribution in [0, 0.1) is 0 Å². The van der Waals surface area contributed by atoms with Crippen LogP contribution in [0.15, 0.2) is 23.1 Å². The minimum absolute atomic E-state index is 0.453. The van der Waals surface area contributed by atoms with Gasteiger partial charge in [0, 0.05) is 22.9 Å². The average Bonchev–Trinajstić information content (AvgIpc) is 2.86. The molecular weight excluding hydrogens is 246 g/mol. The van der Waals surface area contributed by atoms with E-state index in [9.17, 15) is 0 Å². The van der Waals surface area contributed by atoms with Crippen molar-refractivity contribution in [2.45, 2.75) is 37.2 Å². The zero-order valence-corrected chi connectivity index (χ0v) is 11.7. The number of nitrogen functional groups attached to an aromatic ring is 1. The lowest BCUT2D eigenvalue weighted by atomic mass is 10.2. The second-order valence-electron chi connectivity index (χ2n) is 4.40. The van der Waals surface area contributed by atoms with E-state index >= 15 is 0 Å². The lowest BCUT2D eigenvalue weighted by molar-refractivity contribution is 0.109. The molecule has 0 spiro atoms. The molecule has 18 heavy (non-hydrogen) atoms. The molecule has 1 aliphatic rings. The summed E-state index contributed by atoms with van der Waals surface area (Å²) >= 11 is 1.79. The Morgan fingerprint density at radius 1 is 1.50 bits per heavy atom. The van der Waals surface area contributed by atoms with E-state index in [0.29, 0.717) is 12.7 Å². The Balaban J connectivity index is 1.85. The van der Waals surface area contributed by atoms with E-state index in [2.05, 4.69) is 0 Å². The van der Waals surface area contributed by atoms with Crippen LogP contribution in [0.4, 0.5) is 5.69 Å². The number of anilines is 1. The van der Waals surface area contributed by atoms with Crippen LogP contribution in [-0.4, -0.2) is 25.1 Å². The molecule has 0 bridgehead atoms. The summed E-state index contributed by atoms with van der Waals surface area (Å²) < 4.78 is 11.1. The third-order valence-corrected chi connectivity index (χ3v) is 4.12. The number of hydrogen-bond donors (Lipinski definition) is 1. The Kier molecular flexibility index (Phi) is 5.20. The molecule has 0 radical (unpaired) electrons. The van der Waals surface area contributed by atoms with Gasteiger partial charge < -0.3 is 15.2 Å². The van der Waals surface area contributed by atoms with E-state index in [1.807, 2.05) is 25.1 Å². The Labute approximate surface area is 113 Å². The summed E-state index contributed by atoms with van der Waals surface area (Å²) in [5.41, 5.74) is 6.80. The first-order valence-corrected chi connectivity index (χ1v) is 7.55. The van der Waals surface area contributed by atoms with E-state index < -0.39 is 0 Å². The van der Waals surface area contributed by atoms with Gasteiger partial charge in [0.2, 0.25) is 0 Å². The molecule has 1 fully saturated rings. The van der Waals surface area contributed by atoms with Crippen molar-refractivity contribution in [1.29, 1.82) is 0 Å². The lowest BCUT2D eigenvalue weighted by Crippen LogP contribution is -2.05. The number of thioether (sulfide) groups is 1. The summed E-state index contributed by atoms with van der Waals surface area (Å²) in [6.07, 6.45) is 3.96. The monoisotopic (exact) mass is 267 g/mol. The summed E-state index contributed by atoms with van der Waals surface area (Å²) in [4.78, 5) is 1.11. The van der Waals surface area contributed by atoms with E-state index in [1.165, 1.54) is 12.8 Å². The van der Waals surface area contributed by atoms with E-state index in [4.69, 9.17) is 15.2 Å². The molecule has 3 nitrogen and oxygen atoms in total. The Bertz CT molecular complexity index is 378. The predicted octanol–water partition coefficient (Wildman–Crippen LogP) is 3.33. The van der Waals surface area contributed by atoms with Crippen LogP contribution in [0.25, 0.3) is 0 Å². The van der Waals surface area contributed by atoms with Gasteiger partial charge in [0.1, 0.15) is 5.75 Å². The molecule has 1 atom stereocenters. The highest BCUT2D eigenvalue weighted by Crippen LogP contribution is 2.30. The van der Waals surface area contributed by atoms with Gasteiger partial charge in [0.25, 0.3) is 0 Å². The Morgan fingerprint density at radius 2 is 2.39 bits per heavy atom. The first-order valence-electron chi connectivity index (χ1n) is 6.56. The first kappa shape index (κ1) is 13.6. The van der Waals surface area contributed by atoms with Gasteiger partial charge >= 0.3 is 0 Å². The van der Waals surface area contributed by atoms with E-state index in [1.54, 1.807) is 11.8 Å².